The van der Waals surface area contributed by atoms with Gasteiger partial charge in [0.1, 0.15) is 5.69 Å². The number of carbonyl (C=O) groups excluding carboxylic acids is 1. The summed E-state index contributed by atoms with van der Waals surface area (Å²) in [5.41, 5.74) is 4.14. The zero-order chi connectivity index (χ0) is 23.2. The first-order chi connectivity index (χ1) is 16.1. The van der Waals surface area contributed by atoms with Crippen molar-refractivity contribution in [3.05, 3.63) is 77.5 Å². The number of aromatic amines is 1. The zero-order valence-electron chi connectivity index (χ0n) is 18.6. The van der Waals surface area contributed by atoms with E-state index in [-0.39, 0.29) is 5.97 Å². The third-order valence-corrected chi connectivity index (χ3v) is 5.39. The first-order valence-electron chi connectivity index (χ1n) is 10.8. The lowest BCUT2D eigenvalue weighted by molar-refractivity contribution is 0.0519. The normalized spacial score (nSPS) is 11.4. The van der Waals surface area contributed by atoms with Gasteiger partial charge in [0.2, 0.25) is 5.96 Å². The Labute approximate surface area is 192 Å². The Morgan fingerprint density at radius 1 is 1.12 bits per heavy atom. The van der Waals surface area contributed by atoms with Gasteiger partial charge in [-0.3, -0.25) is 10.3 Å². The van der Waals surface area contributed by atoms with Crippen molar-refractivity contribution in [2.24, 2.45) is 4.99 Å². The molecule has 4 rings (SSSR count). The summed E-state index contributed by atoms with van der Waals surface area (Å²) in [5, 5.41) is 18.2. The smallest absolute Gasteiger partial charge is 0.355 e. The number of aromatic nitrogens is 1. The third-order valence-electron chi connectivity index (χ3n) is 5.39. The predicted octanol–water partition coefficient (Wildman–Crippen LogP) is 4.89. The van der Waals surface area contributed by atoms with Crippen LogP contribution in [0, 0.1) is 18.4 Å². The highest BCUT2D eigenvalue weighted by atomic mass is 16.5. The number of carbonyl (C=O) groups is 1. The molecule has 0 saturated heterocycles. The number of benzene rings is 3. The Balaban J connectivity index is 1.61. The summed E-state index contributed by atoms with van der Waals surface area (Å²) in [6, 6.07) is 19.9. The molecule has 0 spiro atoms. The maximum Gasteiger partial charge on any atom is 0.355 e. The van der Waals surface area contributed by atoms with Gasteiger partial charge in [-0.2, -0.15) is 5.26 Å². The van der Waals surface area contributed by atoms with E-state index >= 15 is 0 Å². The molecule has 0 fully saturated rings. The van der Waals surface area contributed by atoms with Gasteiger partial charge in [-0.1, -0.05) is 48.0 Å². The highest BCUT2D eigenvalue weighted by Crippen LogP contribution is 2.26. The van der Waals surface area contributed by atoms with Gasteiger partial charge in [0.15, 0.2) is 6.19 Å². The van der Waals surface area contributed by atoms with Gasteiger partial charge in [0, 0.05) is 28.5 Å². The standard InChI is InChI=1S/C26H25N5O2/c1-3-33-25(32)24-20(21-15-17(2)11-12-23(21)30-24)13-14-28-26(29-16-27)31-22-10-6-8-18-7-4-5-9-19(18)22/h4-12,15,30H,3,13-14H2,1-2H3,(H2,28,29,31). The minimum Gasteiger partial charge on any atom is -0.461 e. The van der Waals surface area contributed by atoms with Crippen LogP contribution in [-0.2, 0) is 11.2 Å². The maximum atomic E-state index is 12.5. The van der Waals surface area contributed by atoms with E-state index in [0.717, 1.165) is 38.5 Å². The highest BCUT2D eigenvalue weighted by Gasteiger charge is 2.18. The Morgan fingerprint density at radius 2 is 1.94 bits per heavy atom. The largest absolute Gasteiger partial charge is 0.461 e. The number of anilines is 1. The van der Waals surface area contributed by atoms with Gasteiger partial charge >= 0.3 is 5.97 Å². The summed E-state index contributed by atoms with van der Waals surface area (Å²) in [6.45, 7) is 4.47. The van der Waals surface area contributed by atoms with E-state index in [1.807, 2.05) is 67.7 Å². The van der Waals surface area contributed by atoms with Crippen molar-refractivity contribution in [1.82, 2.24) is 10.3 Å². The summed E-state index contributed by atoms with van der Waals surface area (Å²) >= 11 is 0. The van der Waals surface area contributed by atoms with Crippen LogP contribution in [0.5, 0.6) is 0 Å². The molecule has 4 aromatic rings. The van der Waals surface area contributed by atoms with Crippen LogP contribution in [-0.4, -0.2) is 30.1 Å². The van der Waals surface area contributed by atoms with Crippen molar-refractivity contribution in [3.63, 3.8) is 0 Å². The number of hydrogen-bond donors (Lipinski definition) is 3. The number of esters is 1. The van der Waals surface area contributed by atoms with Crippen molar-refractivity contribution in [3.8, 4) is 6.19 Å². The molecule has 1 aromatic heterocycles. The summed E-state index contributed by atoms with van der Waals surface area (Å²) in [4.78, 5) is 20.3. The topological polar surface area (TPSA) is 102 Å². The second-order valence-corrected chi connectivity index (χ2v) is 7.62. The first-order valence-corrected chi connectivity index (χ1v) is 10.8. The zero-order valence-corrected chi connectivity index (χ0v) is 18.6. The molecule has 0 aliphatic rings. The molecule has 0 unspecified atom stereocenters. The van der Waals surface area contributed by atoms with Crippen LogP contribution in [0.15, 0.2) is 65.7 Å². The maximum absolute atomic E-state index is 12.5. The summed E-state index contributed by atoms with van der Waals surface area (Å²) in [7, 11) is 0. The molecule has 1 heterocycles. The molecule has 33 heavy (non-hydrogen) atoms. The molecule has 7 nitrogen and oxygen atoms in total. The molecule has 0 aliphatic carbocycles. The molecule has 0 saturated carbocycles. The number of hydrogen-bond acceptors (Lipinski definition) is 4. The molecule has 0 aliphatic heterocycles. The number of aryl methyl sites for hydroxylation is 1. The van der Waals surface area contributed by atoms with Crippen LogP contribution in [0.3, 0.4) is 0 Å². The summed E-state index contributed by atoms with van der Waals surface area (Å²) < 4.78 is 5.24. The number of rotatable bonds is 6. The monoisotopic (exact) mass is 439 g/mol. The first kappa shape index (κ1) is 21.9. The summed E-state index contributed by atoms with van der Waals surface area (Å²) in [5.74, 6) is -0.0304. The predicted molar refractivity (Wildman–Crippen MR) is 131 cm³/mol. The Kier molecular flexibility index (Phi) is 6.56. The number of nitrogens with one attached hydrogen (secondary N) is 3. The molecule has 0 radical (unpaired) electrons. The average molecular weight is 440 g/mol. The summed E-state index contributed by atoms with van der Waals surface area (Å²) in [6.07, 6.45) is 2.45. The Hall–Kier alpha value is -4.31. The highest BCUT2D eigenvalue weighted by molar-refractivity contribution is 6.03. The fraction of sp³-hybridized carbons (Fsp3) is 0.192. The number of nitriles is 1. The van der Waals surface area contributed by atoms with Gasteiger partial charge in [0.25, 0.3) is 0 Å². The molecule has 3 aromatic carbocycles. The van der Waals surface area contributed by atoms with Crippen molar-refractivity contribution in [2.75, 3.05) is 18.5 Å². The van der Waals surface area contributed by atoms with Crippen LogP contribution < -0.4 is 10.6 Å². The van der Waals surface area contributed by atoms with E-state index in [0.29, 0.717) is 31.2 Å². The van der Waals surface area contributed by atoms with Crippen molar-refractivity contribution < 1.29 is 9.53 Å². The van der Waals surface area contributed by atoms with E-state index in [1.54, 1.807) is 6.92 Å². The fourth-order valence-electron chi connectivity index (χ4n) is 3.90. The van der Waals surface area contributed by atoms with Crippen LogP contribution in [0.1, 0.15) is 28.5 Å². The Bertz CT molecular complexity index is 1380. The van der Waals surface area contributed by atoms with E-state index in [4.69, 9.17) is 4.74 Å². The van der Waals surface area contributed by atoms with Crippen LogP contribution in [0.4, 0.5) is 5.69 Å². The van der Waals surface area contributed by atoms with Crippen molar-refractivity contribution >= 4 is 39.3 Å². The number of fused-ring (bicyclic) bond motifs is 2. The average Bonchev–Trinajstić information content (AvgIpc) is 3.17. The van der Waals surface area contributed by atoms with Crippen LogP contribution in [0.2, 0.25) is 0 Å². The molecule has 0 atom stereocenters. The number of nitrogens with zero attached hydrogens (tertiary/aromatic N) is 2. The molecule has 3 N–H and O–H groups in total. The van der Waals surface area contributed by atoms with Crippen molar-refractivity contribution in [1.29, 1.82) is 5.26 Å². The van der Waals surface area contributed by atoms with E-state index in [1.165, 1.54) is 0 Å². The lowest BCUT2D eigenvalue weighted by Gasteiger charge is -2.11. The number of H-pyrrole nitrogens is 1. The molecule has 0 bridgehead atoms. The second kappa shape index (κ2) is 9.88. The minimum atomic E-state index is -0.380. The second-order valence-electron chi connectivity index (χ2n) is 7.62. The number of ether oxygens (including phenoxy) is 1. The molecular weight excluding hydrogens is 414 g/mol. The SMILES string of the molecule is CCOC(=O)c1[nH]c2ccc(C)cc2c1CCN=C(NC#N)Nc1cccc2ccccc12. The van der Waals surface area contributed by atoms with Gasteiger partial charge in [-0.05, 0) is 49.4 Å². The van der Waals surface area contributed by atoms with Crippen molar-refractivity contribution in [2.45, 2.75) is 20.3 Å². The van der Waals surface area contributed by atoms with Gasteiger partial charge in [-0.25, -0.2) is 4.79 Å². The molecule has 0 amide bonds. The lowest BCUT2D eigenvalue weighted by atomic mass is 10.1. The third kappa shape index (κ3) is 4.80. The van der Waals surface area contributed by atoms with Gasteiger partial charge in [-0.15, -0.1) is 0 Å². The molecule has 166 valence electrons. The van der Waals surface area contributed by atoms with Gasteiger partial charge < -0.3 is 15.0 Å². The number of guanidine groups is 1. The van der Waals surface area contributed by atoms with Crippen LogP contribution >= 0.6 is 0 Å². The molecule has 7 heteroatoms. The fourth-order valence-corrected chi connectivity index (χ4v) is 3.90. The Morgan fingerprint density at radius 3 is 2.76 bits per heavy atom. The van der Waals surface area contributed by atoms with E-state index < -0.39 is 0 Å². The lowest BCUT2D eigenvalue weighted by Crippen LogP contribution is -2.27. The quantitative estimate of drug-likeness (QED) is 0.131. The number of aliphatic imine (C=N–C) groups is 1. The van der Waals surface area contributed by atoms with Crippen LogP contribution in [0.25, 0.3) is 21.7 Å². The van der Waals surface area contributed by atoms with Gasteiger partial charge in [0.05, 0.1) is 6.61 Å². The van der Waals surface area contributed by atoms with E-state index in [2.05, 4.69) is 26.7 Å². The minimum absolute atomic E-state index is 0.302. The molecular formula is C26H25N5O2. The van der Waals surface area contributed by atoms with E-state index in [9.17, 15) is 10.1 Å².